The molecule has 0 amide bonds. The van der Waals surface area contributed by atoms with E-state index in [4.69, 9.17) is 9.15 Å². The Morgan fingerprint density at radius 1 is 1.40 bits per heavy atom. The van der Waals surface area contributed by atoms with Crippen LogP contribution in [0, 0.1) is 17.6 Å². The van der Waals surface area contributed by atoms with Crippen LogP contribution in [-0.4, -0.2) is 18.1 Å². The van der Waals surface area contributed by atoms with Crippen molar-refractivity contribution in [3.63, 3.8) is 0 Å². The van der Waals surface area contributed by atoms with E-state index in [-0.39, 0.29) is 11.7 Å². The van der Waals surface area contributed by atoms with Gasteiger partial charge in [-0.3, -0.25) is 0 Å². The third kappa shape index (κ3) is 2.65. The van der Waals surface area contributed by atoms with Gasteiger partial charge in [-0.15, -0.1) is 0 Å². The molecule has 106 valence electrons. The number of benzene rings is 1. The van der Waals surface area contributed by atoms with Crippen LogP contribution in [0.25, 0.3) is 0 Å². The second-order valence-corrected chi connectivity index (χ2v) is 4.74. The zero-order chi connectivity index (χ0) is 13.9. The van der Waals surface area contributed by atoms with E-state index in [0.717, 1.165) is 31.6 Å². The molecule has 3 rings (SSSR count). The molecule has 1 aliphatic heterocycles. The summed E-state index contributed by atoms with van der Waals surface area (Å²) in [5.41, 5.74) is 0. The van der Waals surface area contributed by atoms with Crippen molar-refractivity contribution in [3.05, 3.63) is 48.2 Å². The molecule has 1 aromatic carbocycles. The van der Waals surface area contributed by atoms with Crippen LogP contribution in [0.2, 0.25) is 0 Å². The number of rotatable bonds is 4. The minimum absolute atomic E-state index is 0.00139. The molecule has 0 saturated carbocycles. The largest absolute Gasteiger partial charge is 0.477 e. The summed E-state index contributed by atoms with van der Waals surface area (Å²) in [7, 11) is 0. The monoisotopic (exact) mass is 280 g/mol. The Labute approximate surface area is 114 Å². The highest BCUT2D eigenvalue weighted by Crippen LogP contribution is 2.32. The first-order valence-corrected chi connectivity index (χ1v) is 6.46. The fraction of sp³-hybridized carbons (Fsp3) is 0.357. The van der Waals surface area contributed by atoms with Crippen molar-refractivity contribution in [2.24, 2.45) is 5.92 Å². The molecule has 2 aromatic rings. The number of halogens is 2. The van der Waals surface area contributed by atoms with Crippen LogP contribution < -0.4 is 10.1 Å². The minimum Gasteiger partial charge on any atom is -0.477 e. The summed E-state index contributed by atoms with van der Waals surface area (Å²) in [6.45, 7) is 1.62. The van der Waals surface area contributed by atoms with Crippen molar-refractivity contribution in [2.45, 2.75) is 12.5 Å². The van der Waals surface area contributed by atoms with Gasteiger partial charge in [0.2, 0.25) is 5.89 Å². The van der Waals surface area contributed by atoms with E-state index in [0.29, 0.717) is 5.89 Å². The third-order valence-electron chi connectivity index (χ3n) is 3.37. The fourth-order valence-electron chi connectivity index (χ4n) is 2.37. The van der Waals surface area contributed by atoms with E-state index in [1.165, 1.54) is 18.5 Å². The van der Waals surface area contributed by atoms with E-state index in [9.17, 15) is 8.78 Å². The highest BCUT2D eigenvalue weighted by atomic mass is 19.1. The number of nitrogens with zero attached hydrogens (tertiary/aromatic N) is 1. The van der Waals surface area contributed by atoms with Gasteiger partial charge in [0.1, 0.15) is 12.1 Å². The van der Waals surface area contributed by atoms with Crippen LogP contribution >= 0.6 is 0 Å². The van der Waals surface area contributed by atoms with E-state index < -0.39 is 17.7 Å². The van der Waals surface area contributed by atoms with Crippen LogP contribution in [-0.2, 0) is 0 Å². The zero-order valence-corrected chi connectivity index (χ0v) is 10.7. The number of hydrogen-bond acceptors (Lipinski definition) is 4. The summed E-state index contributed by atoms with van der Waals surface area (Å²) in [6, 6.07) is 3.25. The zero-order valence-electron chi connectivity index (χ0n) is 10.7. The Morgan fingerprint density at radius 3 is 2.95 bits per heavy atom. The van der Waals surface area contributed by atoms with Gasteiger partial charge in [-0.2, -0.15) is 0 Å². The minimum atomic E-state index is -0.729. The topological polar surface area (TPSA) is 47.3 Å². The van der Waals surface area contributed by atoms with Gasteiger partial charge in [0, 0.05) is 18.5 Å². The molecule has 0 aliphatic carbocycles. The maximum atomic E-state index is 13.7. The van der Waals surface area contributed by atoms with Crippen LogP contribution in [0.3, 0.4) is 0 Å². The maximum absolute atomic E-state index is 13.7. The van der Waals surface area contributed by atoms with E-state index in [2.05, 4.69) is 10.3 Å². The van der Waals surface area contributed by atoms with Crippen molar-refractivity contribution in [1.29, 1.82) is 0 Å². The highest BCUT2D eigenvalue weighted by Gasteiger charge is 2.31. The Kier molecular flexibility index (Phi) is 3.64. The van der Waals surface area contributed by atoms with Gasteiger partial charge in [-0.25, -0.2) is 13.8 Å². The van der Waals surface area contributed by atoms with Gasteiger partial charge in [0.15, 0.2) is 17.7 Å². The molecule has 4 nitrogen and oxygen atoms in total. The van der Waals surface area contributed by atoms with E-state index in [1.807, 2.05) is 0 Å². The van der Waals surface area contributed by atoms with E-state index in [1.54, 1.807) is 0 Å². The number of oxazole rings is 1. The molecule has 1 aliphatic rings. The smallest absolute Gasteiger partial charge is 0.235 e. The molecule has 1 fully saturated rings. The van der Waals surface area contributed by atoms with E-state index >= 15 is 0 Å². The molecule has 0 radical (unpaired) electrons. The summed E-state index contributed by atoms with van der Waals surface area (Å²) in [4.78, 5) is 4.09. The quantitative estimate of drug-likeness (QED) is 0.935. The average Bonchev–Trinajstić information content (AvgIpc) is 3.11. The van der Waals surface area contributed by atoms with Crippen LogP contribution in [0.5, 0.6) is 5.75 Å². The van der Waals surface area contributed by atoms with Crippen molar-refractivity contribution in [1.82, 2.24) is 10.3 Å². The summed E-state index contributed by atoms with van der Waals surface area (Å²) < 4.78 is 37.6. The first kappa shape index (κ1) is 13.1. The molecule has 0 bridgehead atoms. The second-order valence-electron chi connectivity index (χ2n) is 4.74. The van der Waals surface area contributed by atoms with Crippen molar-refractivity contribution >= 4 is 0 Å². The Balaban J connectivity index is 1.86. The van der Waals surface area contributed by atoms with Gasteiger partial charge >= 0.3 is 0 Å². The lowest BCUT2D eigenvalue weighted by molar-refractivity contribution is 0.109. The van der Waals surface area contributed by atoms with Crippen LogP contribution in [0.4, 0.5) is 8.78 Å². The molecule has 1 saturated heterocycles. The highest BCUT2D eigenvalue weighted by molar-refractivity contribution is 5.25. The first-order chi connectivity index (χ1) is 9.74. The molecule has 6 heteroatoms. The molecule has 1 aromatic heterocycles. The predicted octanol–water partition coefficient (Wildman–Crippen LogP) is 2.68. The van der Waals surface area contributed by atoms with Gasteiger partial charge in [-0.1, -0.05) is 0 Å². The number of hydrogen-bond donors (Lipinski definition) is 1. The first-order valence-electron chi connectivity index (χ1n) is 6.46. The molecule has 20 heavy (non-hydrogen) atoms. The normalized spacial score (nSPS) is 20.0. The summed E-state index contributed by atoms with van der Waals surface area (Å²) in [5, 5.41) is 3.22. The predicted molar refractivity (Wildman–Crippen MR) is 67.2 cm³/mol. The lowest BCUT2D eigenvalue weighted by Gasteiger charge is -2.21. The maximum Gasteiger partial charge on any atom is 0.235 e. The summed E-state index contributed by atoms with van der Waals surface area (Å²) in [6.07, 6.45) is 3.38. The fourth-order valence-corrected chi connectivity index (χ4v) is 2.37. The van der Waals surface area contributed by atoms with Crippen molar-refractivity contribution < 1.29 is 17.9 Å². The Bertz CT molecular complexity index is 569. The van der Waals surface area contributed by atoms with Crippen molar-refractivity contribution in [3.8, 4) is 5.75 Å². The van der Waals surface area contributed by atoms with Crippen molar-refractivity contribution in [2.75, 3.05) is 13.1 Å². The molecule has 1 N–H and O–H groups in total. The standard InChI is InChI=1S/C14H14F2N2O2/c15-10-1-2-12(11(16)7-10)20-13(9-3-4-17-8-9)14-18-5-6-19-14/h1-2,5-7,9,13,17H,3-4,8H2/t9-,13?/m0/s1. The summed E-state index contributed by atoms with van der Waals surface area (Å²) in [5.74, 6) is -0.820. The second kappa shape index (κ2) is 5.58. The average molecular weight is 280 g/mol. The molecular weight excluding hydrogens is 266 g/mol. The lowest BCUT2D eigenvalue weighted by atomic mass is 10.0. The summed E-state index contributed by atoms with van der Waals surface area (Å²) >= 11 is 0. The third-order valence-corrected chi connectivity index (χ3v) is 3.37. The lowest BCUT2D eigenvalue weighted by Crippen LogP contribution is -2.22. The molecule has 1 unspecified atom stereocenters. The van der Waals surface area contributed by atoms with Gasteiger partial charge < -0.3 is 14.5 Å². The molecular formula is C14H14F2N2O2. The SMILES string of the molecule is Fc1ccc(OC(c2ncco2)[C@H]2CCNC2)c(F)c1. The van der Waals surface area contributed by atoms with Gasteiger partial charge in [-0.05, 0) is 25.1 Å². The van der Waals surface area contributed by atoms with Gasteiger partial charge in [0.05, 0.1) is 6.20 Å². The Hall–Kier alpha value is -1.95. The van der Waals surface area contributed by atoms with Crippen LogP contribution in [0.1, 0.15) is 18.4 Å². The number of nitrogens with one attached hydrogen (secondary N) is 1. The molecule has 0 spiro atoms. The Morgan fingerprint density at radius 2 is 2.30 bits per heavy atom. The number of aromatic nitrogens is 1. The van der Waals surface area contributed by atoms with Crippen LogP contribution in [0.15, 0.2) is 35.1 Å². The molecule has 2 heterocycles. The van der Waals surface area contributed by atoms with Gasteiger partial charge in [0.25, 0.3) is 0 Å². The molecule has 2 atom stereocenters. The number of ether oxygens (including phenoxy) is 1.